The first-order valence-electron chi connectivity index (χ1n) is 9.31. The van der Waals surface area contributed by atoms with Crippen LogP contribution in [-0.2, 0) is 14.3 Å². The summed E-state index contributed by atoms with van der Waals surface area (Å²) < 4.78 is 15.8. The molecule has 1 saturated carbocycles. The molecule has 3 aliphatic rings. The second-order valence-corrected chi connectivity index (χ2v) is 7.22. The highest BCUT2D eigenvalue weighted by atomic mass is 16.7. The number of ether oxygens (including phenoxy) is 3. The third-order valence-electron chi connectivity index (χ3n) is 5.88. The van der Waals surface area contributed by atoms with Gasteiger partial charge in [-0.05, 0) is 24.6 Å². The molecule has 0 N–H and O–H groups in total. The number of ketones is 3. The Kier molecular flexibility index (Phi) is 3.65. The molecule has 0 aromatic heterocycles. The van der Waals surface area contributed by atoms with Crippen molar-refractivity contribution in [2.75, 3.05) is 13.4 Å². The van der Waals surface area contributed by atoms with Crippen molar-refractivity contribution < 1.29 is 33.4 Å². The monoisotopic (exact) mass is 392 g/mol. The van der Waals surface area contributed by atoms with Gasteiger partial charge in [0.15, 0.2) is 17.3 Å². The molecule has 0 saturated heterocycles. The van der Waals surface area contributed by atoms with Gasteiger partial charge in [0.25, 0.3) is 0 Å². The van der Waals surface area contributed by atoms with E-state index in [2.05, 4.69) is 0 Å². The molecule has 29 heavy (non-hydrogen) atoms. The lowest BCUT2D eigenvalue weighted by molar-refractivity contribution is -0.146. The number of benzene rings is 2. The van der Waals surface area contributed by atoms with Crippen LogP contribution in [0.15, 0.2) is 42.5 Å². The Balaban J connectivity index is 1.67. The van der Waals surface area contributed by atoms with Crippen LogP contribution in [0.2, 0.25) is 0 Å². The minimum Gasteiger partial charge on any atom is -0.466 e. The van der Waals surface area contributed by atoms with E-state index in [0.29, 0.717) is 17.1 Å². The van der Waals surface area contributed by atoms with Crippen molar-refractivity contribution in [1.29, 1.82) is 0 Å². The summed E-state index contributed by atoms with van der Waals surface area (Å²) in [4.78, 5) is 52.2. The van der Waals surface area contributed by atoms with Crippen molar-refractivity contribution in [3.05, 3.63) is 59.2 Å². The average molecular weight is 392 g/mol. The molecular formula is C22H16O7. The summed E-state index contributed by atoms with van der Waals surface area (Å²) in [6.45, 7) is 1.82. The Hall–Kier alpha value is -3.48. The van der Waals surface area contributed by atoms with E-state index in [1.807, 2.05) is 0 Å². The van der Waals surface area contributed by atoms with E-state index in [1.165, 1.54) is 12.1 Å². The third-order valence-corrected chi connectivity index (χ3v) is 5.88. The molecule has 0 bridgehead atoms. The van der Waals surface area contributed by atoms with Crippen LogP contribution in [0.3, 0.4) is 0 Å². The highest BCUT2D eigenvalue weighted by Crippen LogP contribution is 2.69. The zero-order valence-corrected chi connectivity index (χ0v) is 15.5. The van der Waals surface area contributed by atoms with E-state index in [4.69, 9.17) is 14.2 Å². The molecule has 3 atom stereocenters. The normalized spacial score (nSPS) is 26.4. The standard InChI is InChI=1S/C22H16O7/c1-2-27-21(26)17-16(11-7-8-14-15(9-11)29-10-28-14)22(17)19(24)13-6-4-3-5-12(13)18(23)20(22)25/h3-9,16-17H,2,10H2,1H3. The number of Topliss-reactive ketones (excluding diaryl/α,β-unsaturated/α-hetero) is 3. The summed E-state index contributed by atoms with van der Waals surface area (Å²) in [5.74, 6) is -3.64. The van der Waals surface area contributed by atoms with Crippen LogP contribution in [0.25, 0.3) is 0 Å². The first-order valence-corrected chi connectivity index (χ1v) is 9.31. The molecule has 2 aromatic rings. The quantitative estimate of drug-likeness (QED) is 0.449. The lowest BCUT2D eigenvalue weighted by Crippen LogP contribution is -2.41. The fraction of sp³-hybridized carbons (Fsp3) is 0.273. The predicted octanol–water partition coefficient (Wildman–Crippen LogP) is 2.33. The lowest BCUT2D eigenvalue weighted by atomic mass is 9.75. The van der Waals surface area contributed by atoms with Crippen LogP contribution in [0.1, 0.15) is 39.1 Å². The van der Waals surface area contributed by atoms with Crippen LogP contribution in [-0.4, -0.2) is 36.7 Å². The Morgan fingerprint density at radius 3 is 2.52 bits per heavy atom. The van der Waals surface area contributed by atoms with Gasteiger partial charge in [0.1, 0.15) is 5.41 Å². The summed E-state index contributed by atoms with van der Waals surface area (Å²) in [7, 11) is 0. The van der Waals surface area contributed by atoms with Gasteiger partial charge in [-0.3, -0.25) is 19.2 Å². The molecule has 146 valence electrons. The van der Waals surface area contributed by atoms with Crippen LogP contribution < -0.4 is 9.47 Å². The molecule has 0 radical (unpaired) electrons. The number of esters is 1. The number of fused-ring (bicyclic) bond motifs is 2. The van der Waals surface area contributed by atoms with Gasteiger partial charge >= 0.3 is 5.97 Å². The Morgan fingerprint density at radius 1 is 1.03 bits per heavy atom. The van der Waals surface area contributed by atoms with Crippen molar-refractivity contribution in [3.63, 3.8) is 0 Å². The van der Waals surface area contributed by atoms with Gasteiger partial charge in [-0.2, -0.15) is 0 Å². The largest absolute Gasteiger partial charge is 0.466 e. The van der Waals surface area contributed by atoms with Gasteiger partial charge in [0.2, 0.25) is 18.4 Å². The first-order chi connectivity index (χ1) is 14.0. The zero-order chi connectivity index (χ0) is 20.3. The summed E-state index contributed by atoms with van der Waals surface area (Å²) in [5.41, 5.74) is -0.978. The summed E-state index contributed by atoms with van der Waals surface area (Å²) >= 11 is 0. The molecule has 1 fully saturated rings. The van der Waals surface area contributed by atoms with Gasteiger partial charge in [0.05, 0.1) is 12.5 Å². The minimum absolute atomic E-state index is 0.0691. The van der Waals surface area contributed by atoms with Gasteiger partial charge in [-0.25, -0.2) is 0 Å². The molecule has 7 nitrogen and oxygen atoms in total. The molecule has 5 rings (SSSR count). The molecular weight excluding hydrogens is 376 g/mol. The molecule has 2 aromatic carbocycles. The van der Waals surface area contributed by atoms with Crippen molar-refractivity contribution >= 4 is 23.3 Å². The highest BCUT2D eigenvalue weighted by Gasteiger charge is 2.80. The summed E-state index contributed by atoms with van der Waals surface area (Å²) in [6.07, 6.45) is 0. The Morgan fingerprint density at radius 2 is 1.76 bits per heavy atom. The number of hydrogen-bond donors (Lipinski definition) is 0. The first kappa shape index (κ1) is 17.6. The molecule has 2 aliphatic carbocycles. The van der Waals surface area contributed by atoms with E-state index >= 15 is 0 Å². The molecule has 3 unspecified atom stereocenters. The van der Waals surface area contributed by atoms with Crippen molar-refractivity contribution in [2.24, 2.45) is 11.3 Å². The lowest BCUT2D eigenvalue weighted by Gasteiger charge is -2.22. The molecule has 1 spiro atoms. The smallest absolute Gasteiger partial charge is 0.311 e. The second-order valence-electron chi connectivity index (χ2n) is 7.22. The number of carbonyl (C=O) groups excluding carboxylic acids is 4. The van der Waals surface area contributed by atoms with Crippen LogP contribution in [0, 0.1) is 11.3 Å². The average Bonchev–Trinajstić information content (AvgIpc) is 3.21. The maximum absolute atomic E-state index is 13.5. The fourth-order valence-electron chi connectivity index (χ4n) is 4.58. The van der Waals surface area contributed by atoms with Gasteiger partial charge in [0, 0.05) is 17.0 Å². The SMILES string of the molecule is CCOC(=O)C1C(c2ccc3c(c2)OCO3)C12C(=O)C(=O)c1ccccc1C2=O. The van der Waals surface area contributed by atoms with Crippen LogP contribution in [0.5, 0.6) is 11.5 Å². The van der Waals surface area contributed by atoms with E-state index in [1.54, 1.807) is 37.3 Å². The predicted molar refractivity (Wildman–Crippen MR) is 98.0 cm³/mol. The zero-order valence-electron chi connectivity index (χ0n) is 15.5. The summed E-state index contributed by atoms with van der Waals surface area (Å²) in [6, 6.07) is 11.2. The van der Waals surface area contributed by atoms with Crippen molar-refractivity contribution in [1.82, 2.24) is 0 Å². The van der Waals surface area contributed by atoms with Gasteiger partial charge in [-0.15, -0.1) is 0 Å². The second kappa shape index (κ2) is 6.01. The van der Waals surface area contributed by atoms with E-state index < -0.39 is 40.6 Å². The fourth-order valence-corrected chi connectivity index (χ4v) is 4.58. The molecule has 0 amide bonds. The molecule has 7 heteroatoms. The third kappa shape index (κ3) is 2.18. The van der Waals surface area contributed by atoms with E-state index in [-0.39, 0.29) is 24.5 Å². The minimum atomic E-state index is -1.77. The highest BCUT2D eigenvalue weighted by molar-refractivity contribution is 6.55. The van der Waals surface area contributed by atoms with Crippen molar-refractivity contribution in [2.45, 2.75) is 12.8 Å². The Labute approximate surface area is 165 Å². The van der Waals surface area contributed by atoms with E-state index in [9.17, 15) is 19.2 Å². The number of rotatable bonds is 3. The maximum atomic E-state index is 13.5. The number of carbonyl (C=O) groups is 4. The topological polar surface area (TPSA) is 96.0 Å². The number of hydrogen-bond acceptors (Lipinski definition) is 7. The van der Waals surface area contributed by atoms with Gasteiger partial charge in [-0.1, -0.05) is 30.3 Å². The van der Waals surface area contributed by atoms with Crippen LogP contribution >= 0.6 is 0 Å². The van der Waals surface area contributed by atoms with Gasteiger partial charge < -0.3 is 14.2 Å². The summed E-state index contributed by atoms with van der Waals surface area (Å²) in [5, 5.41) is 0. The maximum Gasteiger partial charge on any atom is 0.311 e. The molecule has 1 heterocycles. The van der Waals surface area contributed by atoms with Crippen molar-refractivity contribution in [3.8, 4) is 11.5 Å². The Bertz CT molecular complexity index is 1100. The van der Waals surface area contributed by atoms with Crippen LogP contribution in [0.4, 0.5) is 0 Å². The van der Waals surface area contributed by atoms with E-state index in [0.717, 1.165) is 0 Å². The molecule has 1 aliphatic heterocycles.